The molecule has 0 atom stereocenters. The lowest BCUT2D eigenvalue weighted by molar-refractivity contribution is -0.117. The Balaban J connectivity index is 1.77. The highest BCUT2D eigenvalue weighted by molar-refractivity contribution is 5.90. The number of anilines is 1. The van der Waals surface area contributed by atoms with Gasteiger partial charge in [0.1, 0.15) is 5.75 Å². The molecule has 0 fully saturated rings. The number of rotatable bonds is 10. The number of ether oxygens (including phenoxy) is 3. The van der Waals surface area contributed by atoms with Crippen LogP contribution >= 0.6 is 0 Å². The highest BCUT2D eigenvalue weighted by Crippen LogP contribution is 2.15. The Hall–Kier alpha value is -2.37. The van der Waals surface area contributed by atoms with Crippen molar-refractivity contribution in [2.75, 3.05) is 19.0 Å². The molecule has 5 heteroatoms. The van der Waals surface area contributed by atoms with E-state index in [4.69, 9.17) is 14.2 Å². The van der Waals surface area contributed by atoms with E-state index in [1.54, 1.807) is 7.11 Å². The predicted molar refractivity (Wildman–Crippen MR) is 102 cm³/mol. The van der Waals surface area contributed by atoms with Crippen LogP contribution in [0.2, 0.25) is 0 Å². The van der Waals surface area contributed by atoms with Crippen molar-refractivity contribution in [1.29, 1.82) is 0 Å². The summed E-state index contributed by atoms with van der Waals surface area (Å²) < 4.78 is 16.3. The molecule has 0 aromatic heterocycles. The molecule has 0 aliphatic heterocycles. The fourth-order valence-electron chi connectivity index (χ4n) is 2.36. The Labute approximate surface area is 155 Å². The van der Waals surface area contributed by atoms with E-state index in [9.17, 15) is 4.79 Å². The Kier molecular flexibility index (Phi) is 8.12. The summed E-state index contributed by atoms with van der Waals surface area (Å²) >= 11 is 0. The zero-order chi connectivity index (χ0) is 18.8. The second-order valence-electron chi connectivity index (χ2n) is 6.26. The molecule has 1 N–H and O–H groups in total. The Bertz CT molecular complexity index is 683. The van der Waals surface area contributed by atoms with Crippen molar-refractivity contribution in [3.05, 3.63) is 59.7 Å². The number of carbonyl (C=O) groups excluding carboxylic acids is 1. The minimum Gasteiger partial charge on any atom is -0.497 e. The molecule has 5 nitrogen and oxygen atoms in total. The molecular formula is C21H27NO4. The molecule has 0 heterocycles. The molecule has 0 aliphatic rings. The first kappa shape index (κ1) is 19.9. The van der Waals surface area contributed by atoms with Gasteiger partial charge in [-0.2, -0.15) is 0 Å². The lowest BCUT2D eigenvalue weighted by atomic mass is 10.2. The second-order valence-corrected chi connectivity index (χ2v) is 6.26. The molecule has 1 amide bonds. The molecule has 0 saturated carbocycles. The van der Waals surface area contributed by atoms with Crippen molar-refractivity contribution < 1.29 is 19.0 Å². The van der Waals surface area contributed by atoms with E-state index in [1.807, 2.05) is 62.4 Å². The standard InChI is InChI=1S/C21H27NO4/c1-16(2)26-12-11-21(23)22-19-6-4-5-18(13-19)15-25-14-17-7-9-20(24-3)10-8-17/h4-10,13,16H,11-12,14-15H2,1-3H3,(H,22,23). The average molecular weight is 357 g/mol. The molecule has 0 radical (unpaired) electrons. The zero-order valence-electron chi connectivity index (χ0n) is 15.7. The van der Waals surface area contributed by atoms with Crippen molar-refractivity contribution in [2.24, 2.45) is 0 Å². The largest absolute Gasteiger partial charge is 0.497 e. The van der Waals surface area contributed by atoms with Crippen molar-refractivity contribution in [3.8, 4) is 5.75 Å². The third kappa shape index (κ3) is 7.25. The number of carbonyl (C=O) groups is 1. The van der Waals surface area contributed by atoms with E-state index in [2.05, 4.69) is 5.32 Å². The maximum atomic E-state index is 11.9. The number of methoxy groups -OCH3 is 1. The van der Waals surface area contributed by atoms with Crippen molar-refractivity contribution in [2.45, 2.75) is 39.6 Å². The van der Waals surface area contributed by atoms with E-state index in [1.165, 1.54) is 0 Å². The van der Waals surface area contributed by atoms with Gasteiger partial charge in [0.15, 0.2) is 0 Å². The van der Waals surface area contributed by atoms with Crippen molar-refractivity contribution in [3.63, 3.8) is 0 Å². The van der Waals surface area contributed by atoms with Gasteiger partial charge in [0, 0.05) is 5.69 Å². The molecule has 0 saturated heterocycles. The van der Waals surface area contributed by atoms with Crippen LogP contribution in [0.4, 0.5) is 5.69 Å². The monoisotopic (exact) mass is 357 g/mol. The van der Waals surface area contributed by atoms with E-state index in [0.29, 0.717) is 26.2 Å². The van der Waals surface area contributed by atoms with E-state index in [-0.39, 0.29) is 12.0 Å². The second kappa shape index (κ2) is 10.6. The minimum absolute atomic E-state index is 0.0537. The number of hydrogen-bond acceptors (Lipinski definition) is 4. The molecule has 0 aliphatic carbocycles. The van der Waals surface area contributed by atoms with Gasteiger partial charge < -0.3 is 19.5 Å². The Morgan fingerprint density at radius 3 is 2.46 bits per heavy atom. The third-order valence-electron chi connectivity index (χ3n) is 3.69. The van der Waals surface area contributed by atoms with Gasteiger partial charge in [-0.3, -0.25) is 4.79 Å². The maximum Gasteiger partial charge on any atom is 0.226 e. The average Bonchev–Trinajstić information content (AvgIpc) is 2.62. The number of benzene rings is 2. The van der Waals surface area contributed by atoms with E-state index in [0.717, 1.165) is 22.6 Å². The van der Waals surface area contributed by atoms with Gasteiger partial charge in [-0.15, -0.1) is 0 Å². The normalized spacial score (nSPS) is 10.8. The summed E-state index contributed by atoms with van der Waals surface area (Å²) in [7, 11) is 1.65. The van der Waals surface area contributed by atoms with Crippen LogP contribution in [0.15, 0.2) is 48.5 Å². The van der Waals surface area contributed by atoms with Crippen LogP contribution in [0.5, 0.6) is 5.75 Å². The Morgan fingerprint density at radius 2 is 1.77 bits per heavy atom. The van der Waals surface area contributed by atoms with Gasteiger partial charge in [-0.05, 0) is 49.2 Å². The fraction of sp³-hybridized carbons (Fsp3) is 0.381. The van der Waals surface area contributed by atoms with Crippen LogP contribution in [-0.2, 0) is 27.5 Å². The van der Waals surface area contributed by atoms with Gasteiger partial charge in [-0.25, -0.2) is 0 Å². The summed E-state index contributed by atoms with van der Waals surface area (Å²) in [5, 5.41) is 2.89. The van der Waals surface area contributed by atoms with E-state index < -0.39 is 0 Å². The Morgan fingerprint density at radius 1 is 1.04 bits per heavy atom. The van der Waals surface area contributed by atoms with Gasteiger partial charge in [0.2, 0.25) is 5.91 Å². The van der Waals surface area contributed by atoms with Crippen LogP contribution in [0.3, 0.4) is 0 Å². The quantitative estimate of drug-likeness (QED) is 0.693. The predicted octanol–water partition coefficient (Wildman–Crippen LogP) is 4.17. The number of hydrogen-bond donors (Lipinski definition) is 1. The zero-order valence-corrected chi connectivity index (χ0v) is 15.7. The molecule has 2 rings (SSSR count). The lowest BCUT2D eigenvalue weighted by Crippen LogP contribution is -2.15. The molecule has 0 bridgehead atoms. The SMILES string of the molecule is COc1ccc(COCc2cccc(NC(=O)CCOC(C)C)c2)cc1. The lowest BCUT2D eigenvalue weighted by Gasteiger charge is -2.10. The first-order chi connectivity index (χ1) is 12.6. The molecule has 0 spiro atoms. The number of nitrogens with one attached hydrogen (secondary N) is 1. The first-order valence-electron chi connectivity index (χ1n) is 8.78. The molecule has 2 aromatic carbocycles. The highest BCUT2D eigenvalue weighted by Gasteiger charge is 2.04. The first-order valence-corrected chi connectivity index (χ1v) is 8.78. The smallest absolute Gasteiger partial charge is 0.226 e. The minimum atomic E-state index is -0.0537. The highest BCUT2D eigenvalue weighted by atomic mass is 16.5. The summed E-state index contributed by atoms with van der Waals surface area (Å²) in [5.41, 5.74) is 2.86. The van der Waals surface area contributed by atoms with Crippen molar-refractivity contribution >= 4 is 11.6 Å². The van der Waals surface area contributed by atoms with Crippen LogP contribution in [-0.4, -0.2) is 25.7 Å². The van der Waals surface area contributed by atoms with Gasteiger partial charge in [0.25, 0.3) is 0 Å². The topological polar surface area (TPSA) is 56.8 Å². The molecular weight excluding hydrogens is 330 g/mol. The molecule has 26 heavy (non-hydrogen) atoms. The summed E-state index contributed by atoms with van der Waals surface area (Å²) in [6, 6.07) is 15.5. The van der Waals surface area contributed by atoms with Crippen LogP contribution in [0.1, 0.15) is 31.4 Å². The summed E-state index contributed by atoms with van der Waals surface area (Å²) in [6.07, 6.45) is 0.477. The summed E-state index contributed by atoms with van der Waals surface area (Å²) in [4.78, 5) is 11.9. The van der Waals surface area contributed by atoms with Gasteiger partial charge >= 0.3 is 0 Å². The molecule has 0 unspecified atom stereocenters. The number of amides is 1. The maximum absolute atomic E-state index is 11.9. The third-order valence-corrected chi connectivity index (χ3v) is 3.69. The van der Waals surface area contributed by atoms with E-state index >= 15 is 0 Å². The fourth-order valence-corrected chi connectivity index (χ4v) is 2.36. The van der Waals surface area contributed by atoms with Crippen LogP contribution in [0, 0.1) is 0 Å². The molecule has 140 valence electrons. The van der Waals surface area contributed by atoms with Crippen LogP contribution in [0.25, 0.3) is 0 Å². The summed E-state index contributed by atoms with van der Waals surface area (Å²) in [5.74, 6) is 0.776. The molecule has 2 aromatic rings. The van der Waals surface area contributed by atoms with Crippen LogP contribution < -0.4 is 10.1 Å². The van der Waals surface area contributed by atoms with Gasteiger partial charge in [0.05, 0.1) is 39.5 Å². The summed E-state index contributed by atoms with van der Waals surface area (Å²) in [6.45, 7) is 5.33. The van der Waals surface area contributed by atoms with Gasteiger partial charge in [-0.1, -0.05) is 24.3 Å². The van der Waals surface area contributed by atoms with Crippen molar-refractivity contribution in [1.82, 2.24) is 0 Å².